The third kappa shape index (κ3) is 2.63. The van der Waals surface area contributed by atoms with E-state index in [4.69, 9.17) is 9.84 Å². The van der Waals surface area contributed by atoms with Gasteiger partial charge >= 0.3 is 11.7 Å². The molecule has 2 heterocycles. The van der Waals surface area contributed by atoms with Crippen LogP contribution in [-0.4, -0.2) is 62.0 Å². The first kappa shape index (κ1) is 14.4. The predicted octanol–water partition coefficient (Wildman–Crippen LogP) is -4.03. The number of carbonyl (C=O) groups excluding carboxylic acids is 1. The molecule has 0 bridgehead atoms. The van der Waals surface area contributed by atoms with E-state index in [2.05, 4.69) is 4.84 Å². The predicted molar refractivity (Wildman–Crippen MR) is 60.7 cm³/mol. The van der Waals surface area contributed by atoms with Crippen LogP contribution in [0.25, 0.3) is 0 Å². The lowest BCUT2D eigenvalue weighted by Gasteiger charge is -2.13. The molecule has 10 heteroatoms. The second-order valence-electron chi connectivity index (χ2n) is 4.11. The normalized spacial score (nSPS) is 29.4. The number of rotatable bonds is 3. The topological polar surface area (TPSA) is 151 Å². The van der Waals surface area contributed by atoms with E-state index in [9.17, 15) is 24.6 Å². The van der Waals surface area contributed by atoms with E-state index in [0.717, 1.165) is 12.3 Å². The van der Waals surface area contributed by atoms with Crippen molar-refractivity contribution in [3.8, 4) is 0 Å². The van der Waals surface area contributed by atoms with Crippen molar-refractivity contribution in [3.05, 3.63) is 33.1 Å². The first-order valence-corrected chi connectivity index (χ1v) is 5.60. The highest BCUT2D eigenvalue weighted by Crippen LogP contribution is 2.21. The highest BCUT2D eigenvalue weighted by atomic mass is 16.7. The van der Waals surface area contributed by atoms with E-state index < -0.39 is 48.2 Å². The van der Waals surface area contributed by atoms with Gasteiger partial charge in [0, 0.05) is 6.07 Å². The number of nitrogens with zero attached hydrogens (tertiary/aromatic N) is 1. The second kappa shape index (κ2) is 5.54. The van der Waals surface area contributed by atoms with Crippen molar-refractivity contribution >= 4 is 5.97 Å². The number of aromatic amines is 1. The Balaban J connectivity index is 2.13. The zero-order valence-corrected chi connectivity index (χ0v) is 10.0. The summed E-state index contributed by atoms with van der Waals surface area (Å²) in [5, 5.41) is 27.9. The molecule has 0 radical (unpaired) electrons. The number of hydrogen-bond acceptors (Lipinski definition) is 8. The number of ether oxygens (including phenoxy) is 1. The Morgan fingerprint density at radius 1 is 1.40 bits per heavy atom. The first-order valence-electron chi connectivity index (χ1n) is 5.60. The van der Waals surface area contributed by atoms with Crippen molar-refractivity contribution in [2.75, 3.05) is 6.61 Å². The smallest absolute Gasteiger partial charge is 0.364 e. The molecule has 2 rings (SSSR count). The molecular formula is C10H12N2O8. The van der Waals surface area contributed by atoms with Gasteiger partial charge in [-0.3, -0.25) is 9.78 Å². The van der Waals surface area contributed by atoms with Crippen LogP contribution in [-0.2, 0) is 9.53 Å². The molecule has 1 aliphatic rings. The summed E-state index contributed by atoms with van der Waals surface area (Å²) in [6.07, 6.45) is -4.82. The molecule has 1 fully saturated rings. The minimum Gasteiger partial charge on any atom is -0.394 e. The monoisotopic (exact) mass is 288 g/mol. The lowest BCUT2D eigenvalue weighted by atomic mass is 10.1. The van der Waals surface area contributed by atoms with Crippen molar-refractivity contribution in [3.63, 3.8) is 0 Å². The van der Waals surface area contributed by atoms with Gasteiger partial charge in [-0.1, -0.05) is 0 Å². The van der Waals surface area contributed by atoms with Crippen molar-refractivity contribution in [1.82, 2.24) is 9.71 Å². The Bertz CT molecular complexity index is 608. The van der Waals surface area contributed by atoms with Crippen LogP contribution >= 0.6 is 0 Å². The Morgan fingerprint density at radius 3 is 2.65 bits per heavy atom. The lowest BCUT2D eigenvalue weighted by molar-refractivity contribution is -0.162. The molecule has 10 nitrogen and oxygen atoms in total. The summed E-state index contributed by atoms with van der Waals surface area (Å²) in [6.45, 7) is -0.597. The van der Waals surface area contributed by atoms with E-state index in [-0.39, 0.29) is 0 Å². The van der Waals surface area contributed by atoms with Gasteiger partial charge < -0.3 is 24.9 Å². The Hall–Kier alpha value is -2.01. The van der Waals surface area contributed by atoms with Gasteiger partial charge in [-0.05, 0) is 0 Å². The van der Waals surface area contributed by atoms with Crippen molar-refractivity contribution in [2.45, 2.75) is 24.4 Å². The van der Waals surface area contributed by atoms with Crippen LogP contribution in [0.5, 0.6) is 0 Å². The summed E-state index contributed by atoms with van der Waals surface area (Å²) in [5.41, 5.74) is -1.66. The second-order valence-corrected chi connectivity index (χ2v) is 4.11. The first-order chi connectivity index (χ1) is 9.43. The maximum atomic E-state index is 11.7. The summed E-state index contributed by atoms with van der Waals surface area (Å²) >= 11 is 0. The molecule has 0 amide bonds. The Kier molecular flexibility index (Phi) is 3.99. The zero-order valence-electron chi connectivity index (χ0n) is 10.0. The molecule has 1 aliphatic heterocycles. The maximum absolute atomic E-state index is 11.7. The Morgan fingerprint density at radius 2 is 2.10 bits per heavy atom. The number of H-pyrrole nitrogens is 1. The van der Waals surface area contributed by atoms with Gasteiger partial charge in [-0.2, -0.15) is 0 Å². The highest BCUT2D eigenvalue weighted by molar-refractivity contribution is 5.76. The van der Waals surface area contributed by atoms with Gasteiger partial charge in [0.05, 0.1) is 12.8 Å². The number of hydrogen-bond donors (Lipinski definition) is 4. The van der Waals surface area contributed by atoms with Crippen LogP contribution < -0.4 is 16.1 Å². The van der Waals surface area contributed by atoms with Gasteiger partial charge in [-0.25, -0.2) is 9.59 Å². The van der Waals surface area contributed by atoms with Crippen molar-refractivity contribution in [1.29, 1.82) is 0 Å². The molecule has 1 aromatic rings. The Labute approximate surface area is 110 Å². The number of aromatic nitrogens is 2. The fourth-order valence-corrected chi connectivity index (χ4v) is 1.72. The van der Waals surface area contributed by atoms with Gasteiger partial charge in [0.2, 0.25) is 0 Å². The third-order valence-electron chi connectivity index (χ3n) is 2.75. The third-order valence-corrected chi connectivity index (χ3v) is 2.75. The molecule has 0 aromatic carbocycles. The lowest BCUT2D eigenvalue weighted by Crippen LogP contribution is -2.44. The standard InChI is InChI=1S/C10H12N2O8/c13-3-4-6(15)7(16)8(19-4)9(17)20-12-2-1-5(14)11-10(12)18/h1-2,4,6-8,13,15-16H,3H2,(H,11,14,18)/t4-,6-,7-,8?/m1/s1. The minimum absolute atomic E-state index is 0.443. The van der Waals surface area contributed by atoms with Crippen LogP contribution in [0.4, 0.5) is 0 Å². The molecular weight excluding hydrogens is 276 g/mol. The summed E-state index contributed by atoms with van der Waals surface area (Å²) in [4.78, 5) is 40.3. The zero-order chi connectivity index (χ0) is 14.9. The number of aliphatic hydroxyl groups is 3. The molecule has 110 valence electrons. The molecule has 20 heavy (non-hydrogen) atoms. The van der Waals surface area contributed by atoms with E-state index in [0.29, 0.717) is 4.73 Å². The van der Waals surface area contributed by atoms with Gasteiger partial charge in [0.25, 0.3) is 5.56 Å². The van der Waals surface area contributed by atoms with Gasteiger partial charge in [-0.15, -0.1) is 4.73 Å². The average Bonchev–Trinajstić information content (AvgIpc) is 2.69. The van der Waals surface area contributed by atoms with E-state index >= 15 is 0 Å². The number of aliphatic hydroxyl groups excluding tert-OH is 3. The number of nitrogens with one attached hydrogen (secondary N) is 1. The molecule has 0 saturated carbocycles. The van der Waals surface area contributed by atoms with E-state index in [1.165, 1.54) is 0 Å². The fraction of sp³-hybridized carbons (Fsp3) is 0.500. The largest absolute Gasteiger partial charge is 0.394 e. The van der Waals surface area contributed by atoms with Crippen LogP contribution in [0.1, 0.15) is 0 Å². The fourth-order valence-electron chi connectivity index (χ4n) is 1.72. The van der Waals surface area contributed by atoms with Crippen LogP contribution in [0.2, 0.25) is 0 Å². The molecule has 0 aliphatic carbocycles. The minimum atomic E-state index is -1.60. The van der Waals surface area contributed by atoms with Crippen LogP contribution in [0.15, 0.2) is 21.9 Å². The summed E-state index contributed by atoms with van der Waals surface area (Å²) in [7, 11) is 0. The van der Waals surface area contributed by atoms with E-state index in [1.807, 2.05) is 4.98 Å². The summed E-state index contributed by atoms with van der Waals surface area (Å²) in [6, 6.07) is 0.950. The molecule has 1 aromatic heterocycles. The highest BCUT2D eigenvalue weighted by Gasteiger charge is 2.47. The molecule has 4 atom stereocenters. The molecule has 1 unspecified atom stereocenters. The van der Waals surface area contributed by atoms with E-state index in [1.54, 1.807) is 0 Å². The van der Waals surface area contributed by atoms with Crippen LogP contribution in [0, 0.1) is 0 Å². The van der Waals surface area contributed by atoms with Gasteiger partial charge in [0.15, 0.2) is 6.10 Å². The SMILES string of the molecule is O=C(On1ccc(=O)[nH]c1=O)C1O[C@H](CO)[C@@H](O)[C@H]1O. The molecule has 4 N–H and O–H groups in total. The molecule has 0 spiro atoms. The van der Waals surface area contributed by atoms with Crippen molar-refractivity contribution < 1.29 is 29.7 Å². The van der Waals surface area contributed by atoms with Crippen molar-refractivity contribution in [2.24, 2.45) is 0 Å². The summed E-state index contributed by atoms with van der Waals surface area (Å²) in [5.74, 6) is -1.15. The average molecular weight is 288 g/mol. The van der Waals surface area contributed by atoms with Gasteiger partial charge in [0.1, 0.15) is 18.3 Å². The summed E-state index contributed by atoms with van der Waals surface area (Å²) < 4.78 is 5.36. The van der Waals surface area contributed by atoms with Crippen LogP contribution in [0.3, 0.4) is 0 Å². The quantitative estimate of drug-likeness (QED) is 0.439. The number of carbonyl (C=O) groups is 1. The maximum Gasteiger partial charge on any atom is 0.364 e. The molecule has 1 saturated heterocycles.